The fourth-order valence-corrected chi connectivity index (χ4v) is 1.78. The van der Waals surface area contributed by atoms with Crippen LogP contribution in [0.2, 0.25) is 0 Å². The summed E-state index contributed by atoms with van der Waals surface area (Å²) in [6.07, 6.45) is 3.05. The molecular formula is C10H18O4. The van der Waals surface area contributed by atoms with E-state index < -0.39 is 11.6 Å². The molecule has 0 aromatic heterocycles. The molecule has 1 aliphatic carbocycles. The lowest BCUT2D eigenvalue weighted by atomic mass is 9.84. The molecule has 4 heteroatoms. The Morgan fingerprint density at radius 1 is 1.57 bits per heavy atom. The molecule has 0 bridgehead atoms. The maximum absolute atomic E-state index is 11.1. The van der Waals surface area contributed by atoms with Crippen LogP contribution in [0.15, 0.2) is 0 Å². The van der Waals surface area contributed by atoms with E-state index in [-0.39, 0.29) is 12.7 Å². The monoisotopic (exact) mass is 202 g/mol. The summed E-state index contributed by atoms with van der Waals surface area (Å²) in [7, 11) is 1.44. The second kappa shape index (κ2) is 4.75. The second-order valence-electron chi connectivity index (χ2n) is 4.01. The van der Waals surface area contributed by atoms with Gasteiger partial charge in [-0.25, -0.2) is 4.79 Å². The molecule has 14 heavy (non-hydrogen) atoms. The van der Waals surface area contributed by atoms with Gasteiger partial charge in [-0.3, -0.25) is 0 Å². The van der Waals surface area contributed by atoms with E-state index in [0.717, 1.165) is 19.3 Å². The number of hydrogen-bond donors (Lipinski definition) is 1. The maximum Gasteiger partial charge on any atom is 0.332 e. The van der Waals surface area contributed by atoms with Crippen molar-refractivity contribution in [2.24, 2.45) is 0 Å². The maximum atomic E-state index is 11.1. The van der Waals surface area contributed by atoms with Crippen LogP contribution in [-0.2, 0) is 14.3 Å². The molecule has 0 radical (unpaired) electrons. The molecule has 2 atom stereocenters. The van der Waals surface area contributed by atoms with Crippen molar-refractivity contribution in [3.63, 3.8) is 0 Å². The Morgan fingerprint density at radius 3 is 2.86 bits per heavy atom. The first-order chi connectivity index (χ1) is 6.56. The first kappa shape index (κ1) is 11.5. The Balaban J connectivity index is 2.45. The molecular weight excluding hydrogens is 184 g/mol. The topological polar surface area (TPSA) is 55.8 Å². The number of carbonyl (C=O) groups is 1. The van der Waals surface area contributed by atoms with Gasteiger partial charge in [0.05, 0.1) is 5.60 Å². The first-order valence-electron chi connectivity index (χ1n) is 4.97. The molecule has 0 amide bonds. The van der Waals surface area contributed by atoms with Crippen molar-refractivity contribution < 1.29 is 19.4 Å². The number of carbonyl (C=O) groups excluding carboxylic acids is 1. The molecule has 1 aliphatic rings. The van der Waals surface area contributed by atoms with Crippen LogP contribution in [0, 0.1) is 0 Å². The Labute approximate surface area is 84.2 Å². The van der Waals surface area contributed by atoms with Gasteiger partial charge in [0, 0.05) is 7.11 Å². The predicted molar refractivity (Wildman–Crippen MR) is 50.8 cm³/mol. The molecule has 1 N–H and O–H groups in total. The minimum Gasteiger partial charge on any atom is -0.458 e. The number of ether oxygens (including phenoxy) is 2. The van der Waals surface area contributed by atoms with E-state index in [1.54, 1.807) is 6.92 Å². The molecule has 0 aromatic rings. The summed E-state index contributed by atoms with van der Waals surface area (Å²) in [6.45, 7) is 1.67. The van der Waals surface area contributed by atoms with E-state index in [4.69, 9.17) is 4.74 Å². The third kappa shape index (κ3) is 2.96. The zero-order valence-corrected chi connectivity index (χ0v) is 8.78. The quantitative estimate of drug-likeness (QED) is 0.690. The normalized spacial score (nSPS) is 32.6. The van der Waals surface area contributed by atoms with Crippen LogP contribution in [0.1, 0.15) is 32.6 Å². The van der Waals surface area contributed by atoms with E-state index in [2.05, 4.69) is 4.74 Å². The van der Waals surface area contributed by atoms with Crippen molar-refractivity contribution in [2.75, 3.05) is 13.7 Å². The van der Waals surface area contributed by atoms with Crippen molar-refractivity contribution in [3.05, 3.63) is 0 Å². The van der Waals surface area contributed by atoms with Gasteiger partial charge in [-0.1, -0.05) is 6.42 Å². The van der Waals surface area contributed by atoms with Gasteiger partial charge in [0.15, 0.2) is 0 Å². The van der Waals surface area contributed by atoms with Crippen LogP contribution in [0.25, 0.3) is 0 Å². The van der Waals surface area contributed by atoms with Crippen molar-refractivity contribution in [3.8, 4) is 0 Å². The summed E-state index contributed by atoms with van der Waals surface area (Å²) < 4.78 is 9.79. The molecule has 4 nitrogen and oxygen atoms in total. The highest BCUT2D eigenvalue weighted by Crippen LogP contribution is 2.30. The summed E-state index contributed by atoms with van der Waals surface area (Å²) in [5.74, 6) is -0.403. The Kier molecular flexibility index (Phi) is 3.89. The average molecular weight is 202 g/mol. The smallest absolute Gasteiger partial charge is 0.332 e. The lowest BCUT2D eigenvalue weighted by Gasteiger charge is -2.36. The lowest BCUT2D eigenvalue weighted by Crippen LogP contribution is -2.45. The van der Waals surface area contributed by atoms with Crippen molar-refractivity contribution >= 4 is 5.97 Å². The van der Waals surface area contributed by atoms with Crippen LogP contribution < -0.4 is 0 Å². The van der Waals surface area contributed by atoms with Gasteiger partial charge in [-0.15, -0.1) is 0 Å². The van der Waals surface area contributed by atoms with Gasteiger partial charge in [0.1, 0.15) is 12.7 Å². The number of methoxy groups -OCH3 is 1. The third-order valence-electron chi connectivity index (χ3n) is 2.63. The second-order valence-corrected chi connectivity index (χ2v) is 4.01. The largest absolute Gasteiger partial charge is 0.458 e. The van der Waals surface area contributed by atoms with Crippen molar-refractivity contribution in [1.29, 1.82) is 0 Å². The number of aliphatic hydroxyl groups is 1. The van der Waals surface area contributed by atoms with E-state index in [1.165, 1.54) is 7.11 Å². The summed E-state index contributed by atoms with van der Waals surface area (Å²) >= 11 is 0. The number of hydrogen-bond acceptors (Lipinski definition) is 4. The zero-order chi connectivity index (χ0) is 10.6. The van der Waals surface area contributed by atoms with E-state index in [0.29, 0.717) is 6.42 Å². The SMILES string of the molecule is COCC(=O)O[C@H]1CCCC[C@]1(C)O. The van der Waals surface area contributed by atoms with Gasteiger partial charge in [-0.05, 0) is 26.2 Å². The zero-order valence-electron chi connectivity index (χ0n) is 8.78. The van der Waals surface area contributed by atoms with E-state index in [1.807, 2.05) is 0 Å². The summed E-state index contributed by atoms with van der Waals surface area (Å²) in [4.78, 5) is 11.1. The molecule has 82 valence electrons. The van der Waals surface area contributed by atoms with Crippen LogP contribution >= 0.6 is 0 Å². The van der Waals surface area contributed by atoms with Crippen LogP contribution in [-0.4, -0.2) is 36.5 Å². The Hall–Kier alpha value is -0.610. The summed E-state index contributed by atoms with van der Waals surface area (Å²) in [5.41, 5.74) is -0.873. The van der Waals surface area contributed by atoms with Gasteiger partial charge in [0.2, 0.25) is 0 Å². The molecule has 0 unspecified atom stereocenters. The molecule has 1 rings (SSSR count). The third-order valence-corrected chi connectivity index (χ3v) is 2.63. The first-order valence-corrected chi connectivity index (χ1v) is 4.97. The minimum absolute atomic E-state index is 0.0490. The van der Waals surface area contributed by atoms with Crippen LogP contribution in [0.5, 0.6) is 0 Å². The Morgan fingerprint density at radius 2 is 2.29 bits per heavy atom. The molecule has 0 saturated heterocycles. The lowest BCUT2D eigenvalue weighted by molar-refractivity contribution is -0.172. The van der Waals surface area contributed by atoms with Gasteiger partial charge in [-0.2, -0.15) is 0 Å². The predicted octanol–water partition coefficient (Wildman–Crippen LogP) is 0.870. The van der Waals surface area contributed by atoms with Crippen LogP contribution in [0.3, 0.4) is 0 Å². The highest BCUT2D eigenvalue weighted by molar-refractivity contribution is 5.71. The molecule has 1 saturated carbocycles. The molecule has 1 fully saturated rings. The van der Waals surface area contributed by atoms with Gasteiger partial charge >= 0.3 is 5.97 Å². The van der Waals surface area contributed by atoms with E-state index >= 15 is 0 Å². The standard InChI is InChI=1S/C10H18O4/c1-10(12)6-4-3-5-8(10)14-9(11)7-13-2/h8,12H,3-7H2,1-2H3/t8-,10-/m0/s1. The molecule has 0 aromatic carbocycles. The highest BCUT2D eigenvalue weighted by Gasteiger charge is 2.37. The van der Waals surface area contributed by atoms with Gasteiger partial charge < -0.3 is 14.6 Å². The van der Waals surface area contributed by atoms with Crippen LogP contribution in [0.4, 0.5) is 0 Å². The van der Waals surface area contributed by atoms with Crippen molar-refractivity contribution in [2.45, 2.75) is 44.3 Å². The number of rotatable bonds is 3. The van der Waals surface area contributed by atoms with E-state index in [9.17, 15) is 9.90 Å². The summed E-state index contributed by atoms with van der Waals surface area (Å²) in [6, 6.07) is 0. The fourth-order valence-electron chi connectivity index (χ4n) is 1.78. The minimum atomic E-state index is -0.873. The molecule has 0 heterocycles. The Bertz CT molecular complexity index is 200. The molecule has 0 aliphatic heterocycles. The fraction of sp³-hybridized carbons (Fsp3) is 0.900. The average Bonchev–Trinajstić information content (AvgIpc) is 2.09. The van der Waals surface area contributed by atoms with Crippen molar-refractivity contribution in [1.82, 2.24) is 0 Å². The number of esters is 1. The summed E-state index contributed by atoms with van der Waals surface area (Å²) in [5, 5.41) is 9.93. The van der Waals surface area contributed by atoms with Gasteiger partial charge in [0.25, 0.3) is 0 Å². The highest BCUT2D eigenvalue weighted by atomic mass is 16.6. The molecule has 0 spiro atoms.